The van der Waals surface area contributed by atoms with E-state index in [1.807, 2.05) is 5.51 Å². The fourth-order valence-corrected chi connectivity index (χ4v) is 2.38. The molecule has 0 radical (unpaired) electrons. The SMILES string of the molecule is Cc1ncsc1CCN(C)C1CNC1. The zero-order chi connectivity index (χ0) is 9.97. The van der Waals surface area contributed by atoms with E-state index in [1.54, 1.807) is 11.3 Å². The number of nitrogens with zero attached hydrogens (tertiary/aromatic N) is 2. The van der Waals surface area contributed by atoms with Crippen LogP contribution >= 0.6 is 11.3 Å². The number of hydrogen-bond acceptors (Lipinski definition) is 4. The van der Waals surface area contributed by atoms with Gasteiger partial charge in [-0.25, -0.2) is 4.98 Å². The van der Waals surface area contributed by atoms with E-state index in [-0.39, 0.29) is 0 Å². The van der Waals surface area contributed by atoms with Crippen LogP contribution in [-0.2, 0) is 6.42 Å². The van der Waals surface area contributed by atoms with E-state index in [9.17, 15) is 0 Å². The third kappa shape index (κ3) is 2.13. The quantitative estimate of drug-likeness (QED) is 0.802. The Hall–Kier alpha value is -0.450. The summed E-state index contributed by atoms with van der Waals surface area (Å²) >= 11 is 1.78. The first-order valence-electron chi connectivity index (χ1n) is 5.07. The Morgan fingerprint density at radius 1 is 1.64 bits per heavy atom. The van der Waals surface area contributed by atoms with Crippen molar-refractivity contribution < 1.29 is 0 Å². The second-order valence-corrected chi connectivity index (χ2v) is 4.84. The third-order valence-corrected chi connectivity index (χ3v) is 3.91. The summed E-state index contributed by atoms with van der Waals surface area (Å²) < 4.78 is 0. The van der Waals surface area contributed by atoms with E-state index in [4.69, 9.17) is 0 Å². The highest BCUT2D eigenvalue weighted by Crippen LogP contribution is 2.13. The summed E-state index contributed by atoms with van der Waals surface area (Å²) in [5.41, 5.74) is 3.14. The Labute approximate surface area is 89.1 Å². The summed E-state index contributed by atoms with van der Waals surface area (Å²) in [6.07, 6.45) is 1.14. The minimum atomic E-state index is 0.753. The molecule has 0 aliphatic carbocycles. The average Bonchev–Trinajstić information content (AvgIpc) is 2.44. The molecule has 78 valence electrons. The van der Waals surface area contributed by atoms with Gasteiger partial charge in [-0.1, -0.05) is 0 Å². The topological polar surface area (TPSA) is 28.2 Å². The lowest BCUT2D eigenvalue weighted by Gasteiger charge is -2.35. The third-order valence-electron chi connectivity index (χ3n) is 2.92. The molecule has 1 N–H and O–H groups in total. The predicted octanol–water partition coefficient (Wildman–Crippen LogP) is 0.898. The number of likely N-dealkylation sites (N-methyl/N-ethyl adjacent to an activating group) is 1. The average molecular weight is 211 g/mol. The summed E-state index contributed by atoms with van der Waals surface area (Å²) in [6.45, 7) is 5.54. The van der Waals surface area contributed by atoms with Crippen molar-refractivity contribution in [2.75, 3.05) is 26.7 Å². The molecule has 0 amide bonds. The highest BCUT2D eigenvalue weighted by Gasteiger charge is 2.20. The molecule has 2 rings (SSSR count). The maximum atomic E-state index is 4.26. The second kappa shape index (κ2) is 4.38. The molecule has 0 atom stereocenters. The Morgan fingerprint density at radius 2 is 2.43 bits per heavy atom. The molecule has 1 fully saturated rings. The molecule has 2 heterocycles. The minimum absolute atomic E-state index is 0.753. The van der Waals surface area contributed by atoms with Crippen molar-refractivity contribution in [3.05, 3.63) is 16.1 Å². The van der Waals surface area contributed by atoms with Gasteiger partial charge >= 0.3 is 0 Å². The van der Waals surface area contributed by atoms with Gasteiger partial charge in [-0.3, -0.25) is 0 Å². The van der Waals surface area contributed by atoms with Crippen molar-refractivity contribution in [2.45, 2.75) is 19.4 Å². The van der Waals surface area contributed by atoms with Gasteiger partial charge in [0.15, 0.2) is 0 Å². The number of nitrogens with one attached hydrogen (secondary N) is 1. The van der Waals surface area contributed by atoms with Crippen molar-refractivity contribution in [1.29, 1.82) is 0 Å². The zero-order valence-electron chi connectivity index (χ0n) is 8.79. The molecule has 1 aromatic rings. The summed E-state index contributed by atoms with van der Waals surface area (Å²) in [4.78, 5) is 8.14. The van der Waals surface area contributed by atoms with Gasteiger partial charge in [0.05, 0.1) is 11.2 Å². The highest BCUT2D eigenvalue weighted by atomic mass is 32.1. The van der Waals surface area contributed by atoms with Crippen LogP contribution in [0.4, 0.5) is 0 Å². The maximum Gasteiger partial charge on any atom is 0.0797 e. The molecule has 0 unspecified atom stereocenters. The lowest BCUT2D eigenvalue weighted by molar-refractivity contribution is 0.182. The molecule has 0 bridgehead atoms. The lowest BCUT2D eigenvalue weighted by Crippen LogP contribution is -2.56. The molecule has 1 aliphatic rings. The van der Waals surface area contributed by atoms with Crippen LogP contribution in [0, 0.1) is 6.92 Å². The highest BCUT2D eigenvalue weighted by molar-refractivity contribution is 7.09. The first kappa shape index (κ1) is 10.1. The van der Waals surface area contributed by atoms with E-state index in [0.717, 1.165) is 32.1 Å². The van der Waals surface area contributed by atoms with Crippen LogP contribution in [0.1, 0.15) is 10.6 Å². The molecular weight excluding hydrogens is 194 g/mol. The van der Waals surface area contributed by atoms with E-state index in [0.29, 0.717) is 0 Å². The molecule has 4 heteroatoms. The molecule has 1 aliphatic heterocycles. The van der Waals surface area contributed by atoms with Crippen molar-refractivity contribution in [2.24, 2.45) is 0 Å². The van der Waals surface area contributed by atoms with E-state index < -0.39 is 0 Å². The van der Waals surface area contributed by atoms with E-state index >= 15 is 0 Å². The van der Waals surface area contributed by atoms with Gasteiger partial charge in [-0.15, -0.1) is 11.3 Å². The lowest BCUT2D eigenvalue weighted by atomic mass is 10.1. The van der Waals surface area contributed by atoms with Gasteiger partial charge in [-0.2, -0.15) is 0 Å². The van der Waals surface area contributed by atoms with Crippen LogP contribution in [-0.4, -0.2) is 42.6 Å². The second-order valence-electron chi connectivity index (χ2n) is 3.90. The van der Waals surface area contributed by atoms with Crippen LogP contribution in [0.3, 0.4) is 0 Å². The van der Waals surface area contributed by atoms with Crippen LogP contribution in [0.2, 0.25) is 0 Å². The first-order chi connectivity index (χ1) is 6.77. The smallest absolute Gasteiger partial charge is 0.0797 e. The normalized spacial score (nSPS) is 17.4. The maximum absolute atomic E-state index is 4.26. The van der Waals surface area contributed by atoms with Gasteiger partial charge in [0, 0.05) is 30.6 Å². The number of aryl methyl sites for hydroxylation is 1. The van der Waals surface area contributed by atoms with Gasteiger partial charge in [-0.05, 0) is 20.4 Å². The number of aromatic nitrogens is 1. The Kier molecular flexibility index (Phi) is 3.15. The predicted molar refractivity (Wildman–Crippen MR) is 59.8 cm³/mol. The van der Waals surface area contributed by atoms with Crippen LogP contribution in [0.5, 0.6) is 0 Å². The fraction of sp³-hybridized carbons (Fsp3) is 0.700. The molecule has 1 saturated heterocycles. The monoisotopic (exact) mass is 211 g/mol. The molecule has 0 spiro atoms. The van der Waals surface area contributed by atoms with E-state index in [1.165, 1.54) is 10.6 Å². The van der Waals surface area contributed by atoms with E-state index in [2.05, 4.69) is 29.2 Å². The van der Waals surface area contributed by atoms with Crippen molar-refractivity contribution in [3.63, 3.8) is 0 Å². The van der Waals surface area contributed by atoms with Gasteiger partial charge in [0.25, 0.3) is 0 Å². The summed E-state index contributed by atoms with van der Waals surface area (Å²) in [5.74, 6) is 0. The molecule has 0 aromatic carbocycles. The minimum Gasteiger partial charge on any atom is -0.314 e. The Bertz CT molecular complexity index is 293. The van der Waals surface area contributed by atoms with Gasteiger partial charge < -0.3 is 10.2 Å². The largest absolute Gasteiger partial charge is 0.314 e. The molecular formula is C10H17N3S. The number of rotatable bonds is 4. The Morgan fingerprint density at radius 3 is 2.93 bits per heavy atom. The zero-order valence-corrected chi connectivity index (χ0v) is 9.60. The number of thiazole rings is 1. The van der Waals surface area contributed by atoms with Crippen LogP contribution in [0.25, 0.3) is 0 Å². The number of hydrogen-bond donors (Lipinski definition) is 1. The summed E-state index contributed by atoms with van der Waals surface area (Å²) in [7, 11) is 2.21. The Balaban J connectivity index is 1.79. The van der Waals surface area contributed by atoms with Gasteiger partial charge in [0.2, 0.25) is 0 Å². The molecule has 3 nitrogen and oxygen atoms in total. The van der Waals surface area contributed by atoms with Gasteiger partial charge in [0.1, 0.15) is 0 Å². The van der Waals surface area contributed by atoms with Crippen LogP contribution < -0.4 is 5.32 Å². The van der Waals surface area contributed by atoms with Crippen molar-refractivity contribution >= 4 is 11.3 Å². The summed E-state index contributed by atoms with van der Waals surface area (Å²) in [6, 6.07) is 0.753. The molecule has 0 saturated carbocycles. The fourth-order valence-electron chi connectivity index (χ4n) is 1.61. The van der Waals surface area contributed by atoms with Crippen molar-refractivity contribution in [1.82, 2.24) is 15.2 Å². The van der Waals surface area contributed by atoms with Crippen molar-refractivity contribution in [3.8, 4) is 0 Å². The molecule has 1 aromatic heterocycles. The molecule has 14 heavy (non-hydrogen) atoms. The summed E-state index contributed by atoms with van der Waals surface area (Å²) in [5, 5.41) is 3.30. The standard InChI is InChI=1S/C10H17N3S/c1-8-10(14-7-12-8)3-4-13(2)9-5-11-6-9/h7,9,11H,3-6H2,1-2H3. The first-order valence-corrected chi connectivity index (χ1v) is 5.95. The van der Waals surface area contributed by atoms with Crippen LogP contribution in [0.15, 0.2) is 5.51 Å².